The van der Waals surface area contributed by atoms with Gasteiger partial charge in [0.05, 0.1) is 6.54 Å². The molecule has 0 aromatic carbocycles. The van der Waals surface area contributed by atoms with Crippen molar-refractivity contribution in [3.05, 3.63) is 35.7 Å². The van der Waals surface area contributed by atoms with Crippen LogP contribution in [0.25, 0.3) is 0 Å². The highest BCUT2D eigenvalue weighted by Gasteiger charge is 2.17. The normalized spacial score (nSPS) is 19.6. The van der Waals surface area contributed by atoms with Crippen molar-refractivity contribution in [3.63, 3.8) is 0 Å². The predicted molar refractivity (Wildman–Crippen MR) is 69.0 cm³/mol. The summed E-state index contributed by atoms with van der Waals surface area (Å²) in [6.07, 6.45) is 10.9. The first-order chi connectivity index (χ1) is 8.74. The lowest BCUT2D eigenvalue weighted by Gasteiger charge is -2.07. The minimum absolute atomic E-state index is 0.197. The molecule has 1 unspecified atom stereocenters. The van der Waals surface area contributed by atoms with E-state index in [-0.39, 0.29) is 6.04 Å². The van der Waals surface area contributed by atoms with E-state index < -0.39 is 0 Å². The quantitative estimate of drug-likeness (QED) is 0.813. The summed E-state index contributed by atoms with van der Waals surface area (Å²) in [5, 5.41) is 8.02. The Labute approximate surface area is 107 Å². The second-order valence-corrected chi connectivity index (χ2v) is 5.12. The predicted octanol–water partition coefficient (Wildman–Crippen LogP) is 1.39. The number of aromatic nitrogens is 4. The fourth-order valence-electron chi connectivity index (χ4n) is 2.66. The average molecular weight is 245 g/mol. The summed E-state index contributed by atoms with van der Waals surface area (Å²) in [4.78, 5) is 0. The zero-order valence-corrected chi connectivity index (χ0v) is 10.7. The van der Waals surface area contributed by atoms with Crippen molar-refractivity contribution in [1.29, 1.82) is 0 Å². The fourth-order valence-corrected chi connectivity index (χ4v) is 2.66. The summed E-state index contributed by atoms with van der Waals surface area (Å²) >= 11 is 0. The van der Waals surface area contributed by atoms with Gasteiger partial charge in [-0.05, 0) is 30.4 Å². The lowest BCUT2D eigenvalue weighted by Crippen LogP contribution is -2.09. The Morgan fingerprint density at radius 3 is 3.06 bits per heavy atom. The van der Waals surface area contributed by atoms with Gasteiger partial charge in [0.25, 0.3) is 0 Å². The van der Waals surface area contributed by atoms with E-state index in [9.17, 15) is 0 Å². The Bertz CT molecular complexity index is 539. The van der Waals surface area contributed by atoms with E-state index in [1.165, 1.54) is 24.0 Å². The van der Waals surface area contributed by atoms with Crippen LogP contribution in [-0.2, 0) is 20.0 Å². The average Bonchev–Trinajstić information content (AvgIpc) is 2.89. The van der Waals surface area contributed by atoms with Gasteiger partial charge in [0.15, 0.2) is 5.82 Å². The molecule has 2 aromatic heterocycles. The van der Waals surface area contributed by atoms with Gasteiger partial charge in [0, 0.05) is 25.5 Å². The third-order valence-corrected chi connectivity index (χ3v) is 3.74. The van der Waals surface area contributed by atoms with E-state index in [0.29, 0.717) is 0 Å². The summed E-state index contributed by atoms with van der Waals surface area (Å²) in [5.74, 6) is 0.966. The minimum atomic E-state index is 0.197. The molecule has 0 aliphatic heterocycles. The molecular formula is C13H19N5. The molecule has 0 saturated carbocycles. The van der Waals surface area contributed by atoms with Gasteiger partial charge >= 0.3 is 0 Å². The molecule has 1 aliphatic rings. The summed E-state index contributed by atoms with van der Waals surface area (Å²) in [6.45, 7) is 0.760. The maximum atomic E-state index is 6.22. The second kappa shape index (κ2) is 4.57. The number of nitrogens with two attached hydrogens (primary N) is 1. The molecule has 3 rings (SSSR count). The molecule has 96 valence electrons. The Balaban J connectivity index is 1.87. The zero-order valence-electron chi connectivity index (χ0n) is 10.7. The fraction of sp³-hybridized carbons (Fsp3) is 0.538. The van der Waals surface area contributed by atoms with E-state index in [2.05, 4.69) is 27.2 Å². The number of aryl methyl sites for hydroxylation is 2. The van der Waals surface area contributed by atoms with Gasteiger partial charge in [0.1, 0.15) is 6.33 Å². The number of hydrogen-bond acceptors (Lipinski definition) is 3. The number of fused-ring (bicyclic) bond motifs is 1. The summed E-state index contributed by atoms with van der Waals surface area (Å²) in [7, 11) is 1.97. The summed E-state index contributed by atoms with van der Waals surface area (Å²) in [5.41, 5.74) is 8.94. The minimum Gasteiger partial charge on any atom is -0.346 e. The van der Waals surface area contributed by atoms with Crippen LogP contribution in [0.15, 0.2) is 18.7 Å². The van der Waals surface area contributed by atoms with E-state index >= 15 is 0 Å². The molecule has 0 radical (unpaired) electrons. The highest BCUT2D eigenvalue weighted by Crippen LogP contribution is 2.27. The molecule has 18 heavy (non-hydrogen) atoms. The molecule has 2 N–H and O–H groups in total. The van der Waals surface area contributed by atoms with Gasteiger partial charge in [-0.25, -0.2) is 0 Å². The van der Waals surface area contributed by atoms with Crippen LogP contribution in [0.4, 0.5) is 0 Å². The molecule has 1 atom stereocenters. The Morgan fingerprint density at radius 1 is 1.39 bits per heavy atom. The second-order valence-electron chi connectivity index (χ2n) is 5.12. The SMILES string of the molecule is Cn1cnnc1Cn1cc2c(c1)C(N)CCCC2. The highest BCUT2D eigenvalue weighted by molar-refractivity contribution is 5.29. The van der Waals surface area contributed by atoms with Crippen molar-refractivity contribution in [1.82, 2.24) is 19.3 Å². The first-order valence-electron chi connectivity index (χ1n) is 6.51. The van der Waals surface area contributed by atoms with Crippen molar-refractivity contribution in [2.75, 3.05) is 0 Å². The van der Waals surface area contributed by atoms with Crippen LogP contribution in [0, 0.1) is 0 Å². The van der Waals surface area contributed by atoms with Crippen molar-refractivity contribution in [3.8, 4) is 0 Å². The molecule has 0 saturated heterocycles. The molecule has 5 nitrogen and oxygen atoms in total. The van der Waals surface area contributed by atoms with Gasteiger partial charge in [-0.15, -0.1) is 10.2 Å². The molecule has 0 amide bonds. The molecule has 5 heteroatoms. The largest absolute Gasteiger partial charge is 0.346 e. The zero-order chi connectivity index (χ0) is 12.5. The number of nitrogens with zero attached hydrogens (tertiary/aromatic N) is 4. The van der Waals surface area contributed by atoms with Crippen molar-refractivity contribution in [2.24, 2.45) is 12.8 Å². The van der Waals surface area contributed by atoms with E-state index in [1.54, 1.807) is 6.33 Å². The van der Waals surface area contributed by atoms with Crippen molar-refractivity contribution < 1.29 is 0 Å². The lowest BCUT2D eigenvalue weighted by molar-refractivity contribution is 0.607. The first-order valence-corrected chi connectivity index (χ1v) is 6.51. The third-order valence-electron chi connectivity index (χ3n) is 3.74. The van der Waals surface area contributed by atoms with Crippen LogP contribution < -0.4 is 5.73 Å². The highest BCUT2D eigenvalue weighted by atomic mass is 15.3. The van der Waals surface area contributed by atoms with Gasteiger partial charge in [0.2, 0.25) is 0 Å². The van der Waals surface area contributed by atoms with Crippen LogP contribution in [0.2, 0.25) is 0 Å². The maximum absolute atomic E-state index is 6.22. The van der Waals surface area contributed by atoms with Crippen molar-refractivity contribution >= 4 is 0 Å². The maximum Gasteiger partial charge on any atom is 0.152 e. The number of hydrogen-bond donors (Lipinski definition) is 1. The van der Waals surface area contributed by atoms with Gasteiger partial charge in [-0.2, -0.15) is 0 Å². The van der Waals surface area contributed by atoms with Gasteiger partial charge in [-0.1, -0.05) is 6.42 Å². The molecular weight excluding hydrogens is 226 g/mol. The van der Waals surface area contributed by atoms with Crippen LogP contribution in [0.1, 0.15) is 42.3 Å². The first kappa shape index (κ1) is 11.5. The van der Waals surface area contributed by atoms with Gasteiger partial charge in [-0.3, -0.25) is 0 Å². The van der Waals surface area contributed by atoms with E-state index in [0.717, 1.165) is 25.2 Å². The molecule has 2 aromatic rings. The Hall–Kier alpha value is -1.62. The Morgan fingerprint density at radius 2 is 2.28 bits per heavy atom. The molecule has 1 aliphatic carbocycles. The van der Waals surface area contributed by atoms with E-state index in [4.69, 9.17) is 5.73 Å². The molecule has 0 bridgehead atoms. The van der Waals surface area contributed by atoms with Gasteiger partial charge < -0.3 is 14.9 Å². The van der Waals surface area contributed by atoms with Crippen LogP contribution in [0.3, 0.4) is 0 Å². The van der Waals surface area contributed by atoms with Crippen LogP contribution in [0.5, 0.6) is 0 Å². The monoisotopic (exact) mass is 245 g/mol. The van der Waals surface area contributed by atoms with Crippen LogP contribution in [-0.4, -0.2) is 19.3 Å². The molecule has 0 spiro atoms. The number of rotatable bonds is 2. The van der Waals surface area contributed by atoms with Crippen molar-refractivity contribution in [2.45, 2.75) is 38.3 Å². The topological polar surface area (TPSA) is 61.7 Å². The van der Waals surface area contributed by atoms with Crippen LogP contribution >= 0.6 is 0 Å². The summed E-state index contributed by atoms with van der Waals surface area (Å²) < 4.78 is 4.13. The molecule has 2 heterocycles. The van der Waals surface area contributed by atoms with E-state index in [1.807, 2.05) is 11.6 Å². The lowest BCUT2D eigenvalue weighted by atomic mass is 10.1. The summed E-state index contributed by atoms with van der Waals surface area (Å²) in [6, 6.07) is 0.197. The Kier molecular flexibility index (Phi) is 2.91. The molecule has 0 fully saturated rings. The third kappa shape index (κ3) is 2.06. The standard InChI is InChI=1S/C13H19N5/c1-17-9-15-16-13(17)8-18-6-10-4-2-3-5-12(14)11(10)7-18/h6-7,9,12H,2-5,8,14H2,1H3. The smallest absolute Gasteiger partial charge is 0.152 e.